The van der Waals surface area contributed by atoms with Crippen molar-refractivity contribution in [2.45, 2.75) is 57.5 Å². The van der Waals surface area contributed by atoms with Crippen LogP contribution in [-0.2, 0) is 42.9 Å². The third-order valence-electron chi connectivity index (χ3n) is 2.95. The third kappa shape index (κ3) is 6.00. The van der Waals surface area contributed by atoms with Gasteiger partial charge < -0.3 is 23.7 Å². The monoisotopic (exact) mass is 363 g/mol. The fourth-order valence-electron chi connectivity index (χ4n) is 2.19. The molecule has 0 spiro atoms. The molecule has 10 heteroatoms. The van der Waals surface area contributed by atoms with Crippen molar-refractivity contribution in [1.82, 2.24) is 0 Å². The first-order valence-corrected chi connectivity index (χ1v) is 7.55. The molecular weight excluding hydrogens is 344 g/mol. The molecule has 0 aliphatic carbocycles. The van der Waals surface area contributed by atoms with E-state index in [1.807, 2.05) is 0 Å². The van der Waals surface area contributed by atoms with Gasteiger partial charge in [-0.15, -0.1) is 0 Å². The lowest BCUT2D eigenvalue weighted by atomic mass is 9.99. The fraction of sp³-hybridized carbons (Fsp3) is 0.714. The molecule has 135 valence electrons. The number of esters is 4. The van der Waals surface area contributed by atoms with E-state index in [1.165, 1.54) is 6.92 Å². The van der Waals surface area contributed by atoms with E-state index in [4.69, 9.17) is 36.3 Å². The Labute approximate surface area is 144 Å². The molecule has 9 nitrogen and oxygen atoms in total. The van der Waals surface area contributed by atoms with Crippen LogP contribution in [0.5, 0.6) is 0 Å². The molecule has 1 radical (unpaired) electrons. The van der Waals surface area contributed by atoms with E-state index in [9.17, 15) is 19.2 Å². The number of carbonyl (C=O) groups is 4. The summed E-state index contributed by atoms with van der Waals surface area (Å²) in [6, 6.07) is 0. The summed E-state index contributed by atoms with van der Waals surface area (Å²) in [5, 5.41) is 0. The van der Waals surface area contributed by atoms with Gasteiger partial charge in [0.25, 0.3) is 0 Å². The summed E-state index contributed by atoms with van der Waals surface area (Å²) in [6.07, 6.45) is -4.47. The van der Waals surface area contributed by atoms with E-state index in [0.29, 0.717) is 0 Å². The Morgan fingerprint density at radius 2 is 1.25 bits per heavy atom. The molecule has 24 heavy (non-hydrogen) atoms. The van der Waals surface area contributed by atoms with Crippen LogP contribution >= 0.6 is 12.6 Å². The average molecular weight is 363 g/mol. The second-order valence-electron chi connectivity index (χ2n) is 5.07. The minimum Gasteiger partial charge on any atom is -0.463 e. The van der Waals surface area contributed by atoms with Gasteiger partial charge in [0.1, 0.15) is 12.7 Å². The van der Waals surface area contributed by atoms with E-state index in [0.717, 1.165) is 20.8 Å². The molecule has 0 unspecified atom stereocenters. The van der Waals surface area contributed by atoms with Crippen LogP contribution in [0.4, 0.5) is 0 Å². The van der Waals surface area contributed by atoms with Crippen molar-refractivity contribution in [3.05, 3.63) is 0 Å². The van der Waals surface area contributed by atoms with Crippen LogP contribution in [0.25, 0.3) is 0 Å². The summed E-state index contributed by atoms with van der Waals surface area (Å²) in [5.74, 6) is -2.62. The van der Waals surface area contributed by atoms with E-state index in [2.05, 4.69) is 0 Å². The number of hydrogen-bond acceptors (Lipinski definition) is 9. The lowest BCUT2D eigenvalue weighted by Crippen LogP contribution is -2.61. The largest absolute Gasteiger partial charge is 0.463 e. The van der Waals surface area contributed by atoms with Gasteiger partial charge in [-0.1, -0.05) is 12.6 Å². The molecule has 0 aromatic carbocycles. The van der Waals surface area contributed by atoms with Crippen LogP contribution < -0.4 is 0 Å². The Hall–Kier alpha value is -1.81. The molecule has 0 N–H and O–H groups in total. The first-order valence-electron chi connectivity index (χ1n) is 7.08. The van der Waals surface area contributed by atoms with Crippen molar-refractivity contribution in [3.8, 4) is 0 Å². The normalized spacial score (nSPS) is 29.3. The standard InChI is InChI=1S/C14H19O9S/c1-6(15)19-5-10-11(20-7(2)16)12(21-8(3)17)13(14(24)23-10)22-9(4)18/h10-14H,5H2,1-4H3/t10-,11-,12+,13-,14+/m1/s1. The lowest BCUT2D eigenvalue weighted by Gasteiger charge is -2.42. The van der Waals surface area contributed by atoms with Crippen LogP contribution in [0, 0.1) is 0 Å². The van der Waals surface area contributed by atoms with Gasteiger partial charge in [-0.2, -0.15) is 0 Å². The zero-order valence-electron chi connectivity index (χ0n) is 13.7. The highest BCUT2D eigenvalue weighted by atomic mass is 32.1. The highest BCUT2D eigenvalue weighted by molar-refractivity contribution is 7.80. The Bertz CT molecular complexity index is 506. The molecule has 1 saturated heterocycles. The van der Waals surface area contributed by atoms with Gasteiger partial charge in [0.2, 0.25) is 0 Å². The Balaban J connectivity index is 3.11. The number of hydrogen-bond donors (Lipinski definition) is 0. The molecule has 1 heterocycles. The maximum Gasteiger partial charge on any atom is 0.303 e. The van der Waals surface area contributed by atoms with Crippen LogP contribution in [0.2, 0.25) is 0 Å². The van der Waals surface area contributed by atoms with Crippen molar-refractivity contribution >= 4 is 36.5 Å². The van der Waals surface area contributed by atoms with Gasteiger partial charge in [0.05, 0.1) is 0 Å². The summed E-state index contributed by atoms with van der Waals surface area (Å²) in [5.41, 5.74) is -1.09. The first-order chi connectivity index (χ1) is 11.1. The van der Waals surface area contributed by atoms with Crippen molar-refractivity contribution in [2.24, 2.45) is 0 Å². The maximum atomic E-state index is 11.4. The molecule has 0 amide bonds. The lowest BCUT2D eigenvalue weighted by molar-refractivity contribution is -0.237. The molecule has 0 aromatic heterocycles. The van der Waals surface area contributed by atoms with Gasteiger partial charge in [0, 0.05) is 27.7 Å². The van der Waals surface area contributed by atoms with Gasteiger partial charge in [-0.05, 0) is 0 Å². The first kappa shape index (κ1) is 20.2. The van der Waals surface area contributed by atoms with Crippen molar-refractivity contribution in [1.29, 1.82) is 0 Å². The number of ether oxygens (including phenoxy) is 5. The Morgan fingerprint density at radius 3 is 1.71 bits per heavy atom. The zero-order valence-corrected chi connectivity index (χ0v) is 14.5. The topological polar surface area (TPSA) is 114 Å². The van der Waals surface area contributed by atoms with Crippen LogP contribution in [0.15, 0.2) is 0 Å². The molecule has 1 rings (SSSR count). The number of carbonyl (C=O) groups excluding carboxylic acids is 4. The van der Waals surface area contributed by atoms with Crippen LogP contribution in [0.3, 0.4) is 0 Å². The van der Waals surface area contributed by atoms with Crippen molar-refractivity contribution in [3.63, 3.8) is 0 Å². The Kier molecular flexibility index (Phi) is 7.49. The highest BCUT2D eigenvalue weighted by Gasteiger charge is 2.51. The predicted octanol–water partition coefficient (Wildman–Crippen LogP) is 0.267. The smallest absolute Gasteiger partial charge is 0.303 e. The van der Waals surface area contributed by atoms with E-state index < -0.39 is 53.7 Å². The molecule has 0 saturated carbocycles. The molecule has 1 aliphatic rings. The van der Waals surface area contributed by atoms with Crippen molar-refractivity contribution < 1.29 is 42.9 Å². The van der Waals surface area contributed by atoms with Gasteiger partial charge in [-0.25, -0.2) is 0 Å². The summed E-state index contributed by atoms with van der Waals surface area (Å²) >= 11 is 5.11. The zero-order chi connectivity index (χ0) is 18.4. The van der Waals surface area contributed by atoms with E-state index in [-0.39, 0.29) is 6.61 Å². The average Bonchev–Trinajstić information content (AvgIpc) is 2.42. The minimum atomic E-state index is -1.19. The second-order valence-corrected chi connectivity index (χ2v) is 5.53. The maximum absolute atomic E-state index is 11.4. The van der Waals surface area contributed by atoms with Crippen molar-refractivity contribution in [2.75, 3.05) is 6.61 Å². The molecule has 0 bridgehead atoms. The summed E-state index contributed by atoms with van der Waals surface area (Å²) in [6.45, 7) is 4.36. The second kappa shape index (κ2) is 8.88. The van der Waals surface area contributed by atoms with E-state index >= 15 is 0 Å². The van der Waals surface area contributed by atoms with Crippen LogP contribution in [0.1, 0.15) is 27.7 Å². The quantitative estimate of drug-likeness (QED) is 0.501. The van der Waals surface area contributed by atoms with Gasteiger partial charge >= 0.3 is 23.9 Å². The molecule has 1 aliphatic heterocycles. The predicted molar refractivity (Wildman–Crippen MR) is 79.5 cm³/mol. The SMILES string of the molecule is CC(=O)OC[C@H]1O[C@@H]([S])[C@H](OC(C)=O)[C@@H](OC(C)=O)[C@@H]1OC(C)=O. The molecule has 1 fully saturated rings. The summed E-state index contributed by atoms with van der Waals surface area (Å²) in [7, 11) is 0. The molecule has 5 atom stereocenters. The Morgan fingerprint density at radius 1 is 0.792 bits per heavy atom. The third-order valence-corrected chi connectivity index (χ3v) is 3.33. The fourth-order valence-corrected chi connectivity index (χ4v) is 2.54. The minimum absolute atomic E-state index is 0.273. The molecule has 0 aromatic rings. The number of rotatable bonds is 5. The van der Waals surface area contributed by atoms with Gasteiger partial charge in [-0.3, -0.25) is 19.2 Å². The van der Waals surface area contributed by atoms with Gasteiger partial charge in [0.15, 0.2) is 23.7 Å². The summed E-state index contributed by atoms with van der Waals surface area (Å²) < 4.78 is 25.7. The highest BCUT2D eigenvalue weighted by Crippen LogP contribution is 2.30. The van der Waals surface area contributed by atoms with E-state index in [1.54, 1.807) is 0 Å². The molecular formula is C14H19O9S. The summed E-state index contributed by atoms with van der Waals surface area (Å²) in [4.78, 5) is 45.0. The van der Waals surface area contributed by atoms with Crippen LogP contribution in [-0.4, -0.2) is 60.3 Å².